The average Bonchev–Trinajstić information content (AvgIpc) is 3.21. The SMILES string of the molecule is CCOC(=O)C1(O)CC2(C)C(=CC(O)C3C2CCC2(C)C(C(C)C=CCC(C)C)CCC32)C1=O. The molecular formula is C29H44O5. The van der Waals surface area contributed by atoms with Crippen LogP contribution in [0.15, 0.2) is 23.8 Å². The molecule has 0 aromatic rings. The van der Waals surface area contributed by atoms with Gasteiger partial charge in [-0.05, 0) is 86.0 Å². The standard InChI is InChI=1S/C29H44O5/c1-7-34-26(32)29(33)16-28(6)21-13-14-27(5)19(18(4)10-8-9-17(2)3)11-12-20(27)24(21)23(30)15-22(28)25(29)31/h8,10,15,17-21,23-24,30,33H,7,9,11-14,16H2,1-6H3. The maximum atomic E-state index is 13.2. The van der Waals surface area contributed by atoms with Gasteiger partial charge in [-0.1, -0.05) is 46.8 Å². The van der Waals surface area contributed by atoms with E-state index in [1.54, 1.807) is 13.0 Å². The lowest BCUT2D eigenvalue weighted by molar-refractivity contribution is -0.169. The Kier molecular flexibility index (Phi) is 6.70. The van der Waals surface area contributed by atoms with E-state index < -0.39 is 28.9 Å². The van der Waals surface area contributed by atoms with Gasteiger partial charge in [0.15, 0.2) is 0 Å². The van der Waals surface area contributed by atoms with Crippen molar-refractivity contribution in [3.8, 4) is 0 Å². The number of esters is 1. The summed E-state index contributed by atoms with van der Waals surface area (Å²) in [6.07, 6.45) is 11.0. The van der Waals surface area contributed by atoms with E-state index in [1.165, 1.54) is 0 Å². The first-order chi connectivity index (χ1) is 15.9. The number of ether oxygens (including phenoxy) is 1. The summed E-state index contributed by atoms with van der Waals surface area (Å²) in [6.45, 7) is 13.0. The van der Waals surface area contributed by atoms with E-state index in [-0.39, 0.29) is 30.3 Å². The lowest BCUT2D eigenvalue weighted by Crippen LogP contribution is -2.53. The van der Waals surface area contributed by atoms with Crippen LogP contribution in [-0.4, -0.2) is 40.3 Å². The van der Waals surface area contributed by atoms with Crippen LogP contribution in [0, 0.1) is 46.3 Å². The summed E-state index contributed by atoms with van der Waals surface area (Å²) in [4.78, 5) is 25.8. The molecular weight excluding hydrogens is 428 g/mol. The molecule has 4 rings (SSSR count). The largest absolute Gasteiger partial charge is 0.464 e. The molecule has 5 nitrogen and oxygen atoms in total. The first-order valence-corrected chi connectivity index (χ1v) is 13.4. The number of ketones is 1. The number of Topliss-reactive ketones (excluding diaryl/α,β-unsaturated/α-hetero) is 1. The zero-order valence-electron chi connectivity index (χ0n) is 21.8. The number of fused-ring (bicyclic) bond motifs is 5. The van der Waals surface area contributed by atoms with E-state index in [0.717, 1.165) is 32.1 Å². The van der Waals surface area contributed by atoms with Crippen molar-refractivity contribution in [2.24, 2.45) is 46.3 Å². The molecule has 0 spiro atoms. The van der Waals surface area contributed by atoms with Crippen molar-refractivity contribution < 1.29 is 24.5 Å². The Morgan fingerprint density at radius 3 is 2.56 bits per heavy atom. The van der Waals surface area contributed by atoms with Gasteiger partial charge in [0.1, 0.15) is 0 Å². The number of hydrogen-bond donors (Lipinski definition) is 2. The Morgan fingerprint density at radius 1 is 1.21 bits per heavy atom. The van der Waals surface area contributed by atoms with Gasteiger partial charge < -0.3 is 14.9 Å². The second kappa shape index (κ2) is 8.89. The van der Waals surface area contributed by atoms with Crippen LogP contribution >= 0.6 is 0 Å². The highest BCUT2D eigenvalue weighted by molar-refractivity contribution is 6.18. The maximum absolute atomic E-state index is 13.2. The van der Waals surface area contributed by atoms with Crippen LogP contribution in [0.1, 0.15) is 80.1 Å². The highest BCUT2D eigenvalue weighted by Crippen LogP contribution is 2.68. The third-order valence-corrected chi connectivity index (χ3v) is 10.1. The number of carbonyl (C=O) groups excluding carboxylic acids is 2. The van der Waals surface area contributed by atoms with Gasteiger partial charge in [-0.3, -0.25) is 4.79 Å². The van der Waals surface area contributed by atoms with Gasteiger partial charge in [-0.15, -0.1) is 0 Å². The van der Waals surface area contributed by atoms with Crippen molar-refractivity contribution >= 4 is 11.8 Å². The highest BCUT2D eigenvalue weighted by Gasteiger charge is 2.68. The summed E-state index contributed by atoms with van der Waals surface area (Å²) in [6, 6.07) is 0. The van der Waals surface area contributed by atoms with Gasteiger partial charge in [-0.2, -0.15) is 0 Å². The Morgan fingerprint density at radius 2 is 1.91 bits per heavy atom. The molecule has 0 saturated heterocycles. The molecule has 4 aliphatic rings. The van der Waals surface area contributed by atoms with Crippen LogP contribution in [-0.2, 0) is 14.3 Å². The van der Waals surface area contributed by atoms with Crippen LogP contribution in [0.2, 0.25) is 0 Å². The van der Waals surface area contributed by atoms with Crippen molar-refractivity contribution in [2.75, 3.05) is 6.61 Å². The molecule has 4 aliphatic carbocycles. The molecule has 0 aromatic heterocycles. The number of aliphatic hydroxyl groups excluding tert-OH is 1. The molecule has 0 radical (unpaired) electrons. The van der Waals surface area contributed by atoms with Gasteiger partial charge in [0.2, 0.25) is 11.4 Å². The van der Waals surface area contributed by atoms with E-state index in [0.29, 0.717) is 29.2 Å². The lowest BCUT2D eigenvalue weighted by atomic mass is 9.48. The Balaban J connectivity index is 1.62. The maximum Gasteiger partial charge on any atom is 0.346 e. The number of hydrogen-bond acceptors (Lipinski definition) is 5. The fourth-order valence-corrected chi connectivity index (χ4v) is 8.50. The van der Waals surface area contributed by atoms with Gasteiger partial charge in [0, 0.05) is 17.4 Å². The predicted molar refractivity (Wildman–Crippen MR) is 132 cm³/mol. The fourth-order valence-electron chi connectivity index (χ4n) is 8.50. The number of carbonyl (C=O) groups is 2. The van der Waals surface area contributed by atoms with E-state index >= 15 is 0 Å². The molecule has 9 atom stereocenters. The minimum absolute atomic E-state index is 0.0432. The van der Waals surface area contributed by atoms with Crippen LogP contribution in [0.4, 0.5) is 0 Å². The Bertz CT molecular complexity index is 889. The molecule has 34 heavy (non-hydrogen) atoms. The first kappa shape index (κ1) is 25.6. The fraction of sp³-hybridized carbons (Fsp3) is 0.793. The first-order valence-electron chi connectivity index (χ1n) is 13.4. The van der Waals surface area contributed by atoms with Crippen molar-refractivity contribution in [3.05, 3.63) is 23.8 Å². The van der Waals surface area contributed by atoms with Gasteiger partial charge >= 0.3 is 5.97 Å². The van der Waals surface area contributed by atoms with Gasteiger partial charge in [-0.25, -0.2) is 4.79 Å². The molecule has 3 fully saturated rings. The second-order valence-corrected chi connectivity index (χ2v) is 12.5. The average molecular weight is 473 g/mol. The van der Waals surface area contributed by atoms with E-state index in [4.69, 9.17) is 4.74 Å². The van der Waals surface area contributed by atoms with Crippen molar-refractivity contribution in [2.45, 2.75) is 91.8 Å². The molecule has 0 amide bonds. The number of allylic oxidation sites excluding steroid dienone is 2. The molecule has 0 bridgehead atoms. The van der Waals surface area contributed by atoms with E-state index in [2.05, 4.69) is 39.8 Å². The number of rotatable bonds is 6. The minimum Gasteiger partial charge on any atom is -0.464 e. The molecule has 0 heterocycles. The lowest BCUT2D eigenvalue weighted by Gasteiger charge is -2.56. The molecule has 0 aliphatic heterocycles. The summed E-state index contributed by atoms with van der Waals surface area (Å²) in [7, 11) is 0. The third kappa shape index (κ3) is 3.73. The smallest absolute Gasteiger partial charge is 0.346 e. The van der Waals surface area contributed by atoms with Crippen LogP contribution in [0.25, 0.3) is 0 Å². The zero-order chi connectivity index (χ0) is 25.1. The Hall–Kier alpha value is -1.46. The molecule has 5 heteroatoms. The van der Waals surface area contributed by atoms with Crippen molar-refractivity contribution in [3.63, 3.8) is 0 Å². The summed E-state index contributed by atoms with van der Waals surface area (Å²) in [5, 5.41) is 22.5. The Labute approximate surface area is 205 Å². The third-order valence-electron chi connectivity index (χ3n) is 10.1. The number of aliphatic hydroxyl groups is 2. The summed E-state index contributed by atoms with van der Waals surface area (Å²) in [5.41, 5.74) is -2.18. The summed E-state index contributed by atoms with van der Waals surface area (Å²) >= 11 is 0. The van der Waals surface area contributed by atoms with Crippen molar-refractivity contribution in [1.29, 1.82) is 0 Å². The molecule has 3 saturated carbocycles. The van der Waals surface area contributed by atoms with Gasteiger partial charge in [0.05, 0.1) is 12.7 Å². The molecule has 2 N–H and O–H groups in total. The second-order valence-electron chi connectivity index (χ2n) is 12.5. The minimum atomic E-state index is -2.14. The monoisotopic (exact) mass is 472 g/mol. The van der Waals surface area contributed by atoms with Crippen LogP contribution in [0.3, 0.4) is 0 Å². The van der Waals surface area contributed by atoms with Crippen molar-refractivity contribution in [1.82, 2.24) is 0 Å². The molecule has 9 unspecified atom stereocenters. The highest BCUT2D eigenvalue weighted by atomic mass is 16.5. The topological polar surface area (TPSA) is 83.8 Å². The molecule has 190 valence electrons. The molecule has 0 aromatic carbocycles. The van der Waals surface area contributed by atoms with E-state index in [9.17, 15) is 19.8 Å². The summed E-state index contributed by atoms with van der Waals surface area (Å²) < 4.78 is 5.08. The van der Waals surface area contributed by atoms with Crippen LogP contribution in [0.5, 0.6) is 0 Å². The van der Waals surface area contributed by atoms with Crippen LogP contribution < -0.4 is 0 Å². The normalized spacial score (nSPS) is 44.6. The van der Waals surface area contributed by atoms with Gasteiger partial charge in [0.25, 0.3) is 0 Å². The summed E-state index contributed by atoms with van der Waals surface area (Å²) in [5.74, 6) is 0.781. The van der Waals surface area contributed by atoms with E-state index in [1.807, 2.05) is 6.92 Å². The predicted octanol–water partition coefficient (Wildman–Crippen LogP) is 4.86. The quantitative estimate of drug-likeness (QED) is 0.328. The zero-order valence-corrected chi connectivity index (χ0v) is 21.8.